The van der Waals surface area contributed by atoms with Gasteiger partial charge in [0.2, 0.25) is 0 Å². The topological polar surface area (TPSA) is 46.5 Å². The van der Waals surface area contributed by atoms with Gasteiger partial charge in [0.25, 0.3) is 0 Å². The first-order chi connectivity index (χ1) is 8.86. The van der Waals surface area contributed by atoms with Gasteiger partial charge in [0.05, 0.1) is 13.0 Å². The molecule has 0 amide bonds. The monoisotopic (exact) mass is 264 g/mol. The molecular formula is C16H24O3. The van der Waals surface area contributed by atoms with Crippen LogP contribution in [0.4, 0.5) is 0 Å². The van der Waals surface area contributed by atoms with E-state index in [0.29, 0.717) is 12.3 Å². The second kappa shape index (κ2) is 6.60. The molecule has 0 radical (unpaired) electrons. The first-order valence-corrected chi connectivity index (χ1v) is 6.76. The molecule has 0 spiro atoms. The van der Waals surface area contributed by atoms with Gasteiger partial charge in [0, 0.05) is 0 Å². The van der Waals surface area contributed by atoms with Gasteiger partial charge in [0.15, 0.2) is 0 Å². The molecular weight excluding hydrogens is 240 g/mol. The fourth-order valence-electron chi connectivity index (χ4n) is 2.13. The molecule has 0 aliphatic rings. The van der Waals surface area contributed by atoms with Crippen molar-refractivity contribution in [1.82, 2.24) is 0 Å². The lowest BCUT2D eigenvalue weighted by Gasteiger charge is -2.19. The molecule has 1 unspecified atom stereocenters. The molecule has 0 aliphatic carbocycles. The van der Waals surface area contributed by atoms with E-state index in [1.165, 1.54) is 5.56 Å². The van der Waals surface area contributed by atoms with Crippen LogP contribution in [0.5, 0.6) is 5.75 Å². The van der Waals surface area contributed by atoms with Gasteiger partial charge in [-0.1, -0.05) is 39.8 Å². The fraction of sp³-hybridized carbons (Fsp3) is 0.562. The van der Waals surface area contributed by atoms with Gasteiger partial charge in [-0.3, -0.25) is 4.79 Å². The quantitative estimate of drug-likeness (QED) is 0.851. The molecule has 19 heavy (non-hydrogen) atoms. The lowest BCUT2D eigenvalue weighted by Crippen LogP contribution is -2.22. The molecule has 1 aromatic rings. The minimum absolute atomic E-state index is 0.104. The predicted octanol–water partition coefficient (Wildman–Crippen LogP) is 3.72. The van der Waals surface area contributed by atoms with Crippen molar-refractivity contribution in [3.8, 4) is 5.75 Å². The number of rotatable bonds is 6. The second-order valence-electron chi connectivity index (χ2n) is 5.62. The highest BCUT2D eigenvalue weighted by Gasteiger charge is 2.23. The molecule has 3 heteroatoms. The van der Waals surface area contributed by atoms with Crippen molar-refractivity contribution in [2.75, 3.05) is 7.11 Å². The van der Waals surface area contributed by atoms with Crippen molar-refractivity contribution in [3.63, 3.8) is 0 Å². The molecule has 3 nitrogen and oxygen atoms in total. The Hall–Kier alpha value is -1.51. The van der Waals surface area contributed by atoms with Crippen molar-refractivity contribution >= 4 is 5.97 Å². The zero-order valence-corrected chi connectivity index (χ0v) is 12.4. The SMILES string of the molecule is COc1cc(C(C)C)ccc1CC(C(=O)O)C(C)C. The lowest BCUT2D eigenvalue weighted by atomic mass is 9.88. The number of carbonyl (C=O) groups is 1. The largest absolute Gasteiger partial charge is 0.496 e. The lowest BCUT2D eigenvalue weighted by molar-refractivity contribution is -0.143. The van der Waals surface area contributed by atoms with Crippen LogP contribution in [0.15, 0.2) is 18.2 Å². The Morgan fingerprint density at radius 2 is 1.89 bits per heavy atom. The Balaban J connectivity index is 3.03. The van der Waals surface area contributed by atoms with Crippen LogP contribution in [0.3, 0.4) is 0 Å². The Morgan fingerprint density at radius 1 is 1.26 bits per heavy atom. The molecule has 0 heterocycles. The predicted molar refractivity (Wildman–Crippen MR) is 76.8 cm³/mol. The van der Waals surface area contributed by atoms with Crippen LogP contribution in [0, 0.1) is 11.8 Å². The number of carboxylic acid groups (broad SMARTS) is 1. The van der Waals surface area contributed by atoms with Crippen LogP contribution >= 0.6 is 0 Å². The smallest absolute Gasteiger partial charge is 0.307 e. The third-order valence-electron chi connectivity index (χ3n) is 3.54. The molecule has 0 aliphatic heterocycles. The molecule has 1 atom stereocenters. The molecule has 1 N–H and O–H groups in total. The summed E-state index contributed by atoms with van der Waals surface area (Å²) < 4.78 is 5.40. The number of carboxylic acids is 1. The second-order valence-corrected chi connectivity index (χ2v) is 5.62. The third-order valence-corrected chi connectivity index (χ3v) is 3.54. The summed E-state index contributed by atoms with van der Waals surface area (Å²) in [5.74, 6) is 0.206. The van der Waals surface area contributed by atoms with Crippen LogP contribution in [0.25, 0.3) is 0 Å². The normalized spacial score (nSPS) is 12.8. The van der Waals surface area contributed by atoms with Crippen molar-refractivity contribution in [2.24, 2.45) is 11.8 Å². The standard InChI is InChI=1S/C16H24O3/c1-10(2)12-6-7-13(15(9-12)19-5)8-14(11(3)4)16(17)18/h6-7,9-11,14H,8H2,1-5H3,(H,17,18). The highest BCUT2D eigenvalue weighted by molar-refractivity contribution is 5.71. The van der Waals surface area contributed by atoms with E-state index < -0.39 is 5.97 Å². The van der Waals surface area contributed by atoms with E-state index in [2.05, 4.69) is 19.9 Å². The van der Waals surface area contributed by atoms with Crippen LogP contribution in [0.1, 0.15) is 44.7 Å². The van der Waals surface area contributed by atoms with E-state index in [1.54, 1.807) is 7.11 Å². The highest BCUT2D eigenvalue weighted by Crippen LogP contribution is 2.28. The number of hydrogen-bond acceptors (Lipinski definition) is 2. The van der Waals surface area contributed by atoms with Gasteiger partial charge in [0.1, 0.15) is 5.75 Å². The van der Waals surface area contributed by atoms with Crippen molar-refractivity contribution in [2.45, 2.75) is 40.0 Å². The molecule has 0 bridgehead atoms. The molecule has 0 fully saturated rings. The summed E-state index contributed by atoms with van der Waals surface area (Å²) in [7, 11) is 1.63. The zero-order valence-electron chi connectivity index (χ0n) is 12.4. The number of hydrogen-bond donors (Lipinski definition) is 1. The maximum Gasteiger partial charge on any atom is 0.307 e. The Kier molecular flexibility index (Phi) is 5.40. The number of methoxy groups -OCH3 is 1. The van der Waals surface area contributed by atoms with Gasteiger partial charge in [-0.05, 0) is 35.4 Å². The van der Waals surface area contributed by atoms with Crippen molar-refractivity contribution in [1.29, 1.82) is 0 Å². The minimum Gasteiger partial charge on any atom is -0.496 e. The van der Waals surface area contributed by atoms with Gasteiger partial charge < -0.3 is 9.84 Å². The average molecular weight is 264 g/mol. The van der Waals surface area contributed by atoms with E-state index in [-0.39, 0.29) is 11.8 Å². The molecule has 1 aromatic carbocycles. The van der Waals surface area contributed by atoms with Crippen LogP contribution in [-0.2, 0) is 11.2 Å². The third kappa shape index (κ3) is 3.98. The van der Waals surface area contributed by atoms with Gasteiger partial charge >= 0.3 is 5.97 Å². The summed E-state index contributed by atoms with van der Waals surface area (Å²) in [6, 6.07) is 6.06. The summed E-state index contributed by atoms with van der Waals surface area (Å²) >= 11 is 0. The van der Waals surface area contributed by atoms with E-state index in [1.807, 2.05) is 26.0 Å². The Labute approximate surface area is 115 Å². The first kappa shape index (κ1) is 15.5. The minimum atomic E-state index is -0.745. The molecule has 106 valence electrons. The van der Waals surface area contributed by atoms with Crippen LogP contribution < -0.4 is 4.74 Å². The first-order valence-electron chi connectivity index (χ1n) is 6.76. The van der Waals surface area contributed by atoms with Crippen molar-refractivity contribution < 1.29 is 14.6 Å². The summed E-state index contributed by atoms with van der Waals surface area (Å²) in [6.07, 6.45) is 0.508. The number of ether oxygens (including phenoxy) is 1. The molecule has 1 rings (SSSR count). The average Bonchev–Trinajstić information content (AvgIpc) is 2.34. The molecule has 0 saturated carbocycles. The van der Waals surface area contributed by atoms with Gasteiger partial charge in [-0.2, -0.15) is 0 Å². The van der Waals surface area contributed by atoms with E-state index in [9.17, 15) is 9.90 Å². The summed E-state index contributed by atoms with van der Waals surface area (Å²) in [5.41, 5.74) is 2.17. The maximum atomic E-state index is 11.3. The number of aliphatic carboxylic acids is 1. The van der Waals surface area contributed by atoms with Crippen LogP contribution in [-0.4, -0.2) is 18.2 Å². The van der Waals surface area contributed by atoms with E-state index in [4.69, 9.17) is 4.74 Å². The van der Waals surface area contributed by atoms with Gasteiger partial charge in [-0.15, -0.1) is 0 Å². The zero-order chi connectivity index (χ0) is 14.6. The molecule has 0 saturated heterocycles. The highest BCUT2D eigenvalue weighted by atomic mass is 16.5. The summed E-state index contributed by atoms with van der Waals surface area (Å²) in [5, 5.41) is 9.27. The summed E-state index contributed by atoms with van der Waals surface area (Å²) in [6.45, 7) is 8.13. The maximum absolute atomic E-state index is 11.3. The van der Waals surface area contributed by atoms with Gasteiger partial charge in [-0.25, -0.2) is 0 Å². The molecule has 0 aromatic heterocycles. The van der Waals surface area contributed by atoms with E-state index in [0.717, 1.165) is 11.3 Å². The fourth-order valence-corrected chi connectivity index (χ4v) is 2.13. The Morgan fingerprint density at radius 3 is 2.32 bits per heavy atom. The van der Waals surface area contributed by atoms with E-state index >= 15 is 0 Å². The Bertz CT molecular complexity index is 436. The number of benzene rings is 1. The van der Waals surface area contributed by atoms with Crippen molar-refractivity contribution in [3.05, 3.63) is 29.3 Å². The summed E-state index contributed by atoms with van der Waals surface area (Å²) in [4.78, 5) is 11.3. The van der Waals surface area contributed by atoms with Crippen LogP contribution in [0.2, 0.25) is 0 Å².